The molecule has 0 fully saturated rings. The highest BCUT2D eigenvalue weighted by atomic mass is 19.4. The Kier molecular flexibility index (Phi) is 3.39. The van der Waals surface area contributed by atoms with Crippen molar-refractivity contribution >= 4 is 0 Å². The predicted octanol–water partition coefficient (Wildman–Crippen LogP) is 2.90. The first kappa shape index (κ1) is 12.0. The van der Waals surface area contributed by atoms with Crippen molar-refractivity contribution in [1.29, 1.82) is 0 Å². The molecule has 0 radical (unpaired) electrons. The van der Waals surface area contributed by atoms with Gasteiger partial charge >= 0.3 is 6.18 Å². The Bertz CT molecular complexity index is 342. The summed E-state index contributed by atoms with van der Waals surface area (Å²) >= 11 is 0. The van der Waals surface area contributed by atoms with Crippen LogP contribution in [0.4, 0.5) is 13.2 Å². The summed E-state index contributed by atoms with van der Waals surface area (Å²) in [5, 5.41) is 0. The van der Waals surface area contributed by atoms with E-state index >= 15 is 0 Å². The monoisotopic (exact) mass is 217 g/mol. The predicted molar refractivity (Wildman–Crippen MR) is 53.5 cm³/mol. The van der Waals surface area contributed by atoms with Crippen molar-refractivity contribution in [1.82, 2.24) is 0 Å². The topological polar surface area (TPSA) is 26.0 Å². The quantitative estimate of drug-likeness (QED) is 0.809. The molecule has 1 aromatic rings. The van der Waals surface area contributed by atoms with Crippen LogP contribution in [0.1, 0.15) is 23.6 Å². The van der Waals surface area contributed by atoms with Crippen LogP contribution in [0.15, 0.2) is 18.2 Å². The number of aryl methyl sites for hydroxylation is 1. The molecule has 1 aromatic carbocycles. The third-order valence-electron chi connectivity index (χ3n) is 2.02. The first-order valence-corrected chi connectivity index (χ1v) is 4.72. The molecule has 1 unspecified atom stereocenters. The number of hydrogen-bond acceptors (Lipinski definition) is 1. The van der Waals surface area contributed by atoms with E-state index in [0.717, 1.165) is 12.1 Å². The van der Waals surface area contributed by atoms with E-state index in [4.69, 9.17) is 5.73 Å². The van der Waals surface area contributed by atoms with E-state index in [0.29, 0.717) is 17.5 Å². The molecule has 0 aliphatic rings. The van der Waals surface area contributed by atoms with Crippen LogP contribution < -0.4 is 5.73 Å². The van der Waals surface area contributed by atoms with Gasteiger partial charge in [-0.2, -0.15) is 13.2 Å². The molecule has 0 aliphatic heterocycles. The summed E-state index contributed by atoms with van der Waals surface area (Å²) in [5.74, 6) is 0. The summed E-state index contributed by atoms with van der Waals surface area (Å²) in [6, 6.07) is 3.91. The molecule has 0 saturated heterocycles. The summed E-state index contributed by atoms with van der Waals surface area (Å²) in [5.41, 5.74) is 6.20. The van der Waals surface area contributed by atoms with E-state index in [1.165, 1.54) is 0 Å². The van der Waals surface area contributed by atoms with Crippen LogP contribution in [0.3, 0.4) is 0 Å². The minimum absolute atomic E-state index is 0.132. The van der Waals surface area contributed by atoms with Crippen molar-refractivity contribution in [2.45, 2.75) is 32.5 Å². The Morgan fingerprint density at radius 3 is 2.33 bits per heavy atom. The van der Waals surface area contributed by atoms with Gasteiger partial charge in [-0.1, -0.05) is 11.6 Å². The van der Waals surface area contributed by atoms with Gasteiger partial charge in [0.05, 0.1) is 5.56 Å². The molecule has 4 heteroatoms. The average Bonchev–Trinajstić information content (AvgIpc) is 1.99. The standard InChI is InChI=1S/C11H14F3N/c1-7-3-9(5-8(2)15)6-10(4-7)11(12,13)14/h3-4,6,8H,5,15H2,1-2H3. The van der Waals surface area contributed by atoms with Gasteiger partial charge in [-0.15, -0.1) is 0 Å². The second-order valence-corrected chi connectivity index (χ2v) is 3.89. The molecular weight excluding hydrogens is 203 g/mol. The number of hydrogen-bond donors (Lipinski definition) is 1. The first-order valence-electron chi connectivity index (χ1n) is 4.72. The average molecular weight is 217 g/mol. The maximum atomic E-state index is 12.5. The lowest BCUT2D eigenvalue weighted by Gasteiger charge is -2.11. The third kappa shape index (κ3) is 3.55. The van der Waals surface area contributed by atoms with E-state index in [1.54, 1.807) is 19.9 Å². The van der Waals surface area contributed by atoms with Crippen LogP contribution in [0, 0.1) is 6.92 Å². The Morgan fingerprint density at radius 1 is 1.27 bits per heavy atom. The first-order chi connectivity index (χ1) is 6.79. The van der Waals surface area contributed by atoms with E-state index in [-0.39, 0.29) is 6.04 Å². The molecule has 1 rings (SSSR count). The fourth-order valence-corrected chi connectivity index (χ4v) is 1.52. The third-order valence-corrected chi connectivity index (χ3v) is 2.02. The molecule has 15 heavy (non-hydrogen) atoms. The minimum atomic E-state index is -4.28. The normalized spacial score (nSPS) is 14.0. The summed E-state index contributed by atoms with van der Waals surface area (Å²) < 4.78 is 37.4. The highest BCUT2D eigenvalue weighted by Gasteiger charge is 2.30. The van der Waals surface area contributed by atoms with Crippen LogP contribution in [-0.2, 0) is 12.6 Å². The van der Waals surface area contributed by atoms with Gasteiger partial charge in [-0.3, -0.25) is 0 Å². The Hall–Kier alpha value is -1.03. The summed E-state index contributed by atoms with van der Waals surface area (Å²) in [6.45, 7) is 3.43. The van der Waals surface area contributed by atoms with Crippen molar-refractivity contribution in [3.63, 3.8) is 0 Å². The lowest BCUT2D eigenvalue weighted by atomic mass is 10.0. The van der Waals surface area contributed by atoms with Gasteiger partial charge < -0.3 is 5.73 Å². The fraction of sp³-hybridized carbons (Fsp3) is 0.455. The zero-order valence-corrected chi connectivity index (χ0v) is 8.73. The molecule has 0 aromatic heterocycles. The molecule has 1 atom stereocenters. The van der Waals surface area contributed by atoms with Gasteiger partial charge in [0.2, 0.25) is 0 Å². The molecule has 0 saturated carbocycles. The van der Waals surface area contributed by atoms with E-state index in [2.05, 4.69) is 0 Å². The van der Waals surface area contributed by atoms with Crippen LogP contribution in [-0.4, -0.2) is 6.04 Å². The van der Waals surface area contributed by atoms with Gasteiger partial charge in [0.1, 0.15) is 0 Å². The van der Waals surface area contributed by atoms with Crippen molar-refractivity contribution < 1.29 is 13.2 Å². The van der Waals surface area contributed by atoms with Gasteiger partial charge in [0.25, 0.3) is 0 Å². The van der Waals surface area contributed by atoms with Crippen LogP contribution in [0.2, 0.25) is 0 Å². The van der Waals surface area contributed by atoms with Gasteiger partial charge in [0.15, 0.2) is 0 Å². The molecule has 2 N–H and O–H groups in total. The summed E-state index contributed by atoms with van der Waals surface area (Å²) in [7, 11) is 0. The van der Waals surface area contributed by atoms with Gasteiger partial charge in [-0.05, 0) is 38.0 Å². The number of rotatable bonds is 2. The highest BCUT2D eigenvalue weighted by molar-refractivity contribution is 5.31. The molecule has 0 heterocycles. The minimum Gasteiger partial charge on any atom is -0.328 e. The highest BCUT2D eigenvalue weighted by Crippen LogP contribution is 2.30. The molecule has 84 valence electrons. The number of benzene rings is 1. The molecular formula is C11H14F3N. The van der Waals surface area contributed by atoms with Gasteiger partial charge in [-0.25, -0.2) is 0 Å². The van der Waals surface area contributed by atoms with Crippen LogP contribution in [0.25, 0.3) is 0 Å². The lowest BCUT2D eigenvalue weighted by Crippen LogP contribution is -2.18. The maximum Gasteiger partial charge on any atom is 0.416 e. The van der Waals surface area contributed by atoms with Crippen LogP contribution in [0.5, 0.6) is 0 Å². The molecule has 0 bridgehead atoms. The maximum absolute atomic E-state index is 12.5. The zero-order valence-electron chi connectivity index (χ0n) is 8.73. The summed E-state index contributed by atoms with van der Waals surface area (Å²) in [4.78, 5) is 0. The van der Waals surface area contributed by atoms with Crippen molar-refractivity contribution in [2.24, 2.45) is 5.73 Å². The Labute approximate surface area is 87.1 Å². The van der Waals surface area contributed by atoms with E-state index < -0.39 is 11.7 Å². The van der Waals surface area contributed by atoms with Crippen molar-refractivity contribution in [3.05, 3.63) is 34.9 Å². The summed E-state index contributed by atoms with van der Waals surface area (Å²) in [6.07, 6.45) is -3.82. The van der Waals surface area contributed by atoms with Crippen LogP contribution >= 0.6 is 0 Å². The molecule has 0 aliphatic carbocycles. The molecule has 1 nitrogen and oxygen atoms in total. The second-order valence-electron chi connectivity index (χ2n) is 3.89. The Morgan fingerprint density at radius 2 is 1.87 bits per heavy atom. The van der Waals surface area contributed by atoms with E-state index in [1.807, 2.05) is 0 Å². The fourth-order valence-electron chi connectivity index (χ4n) is 1.52. The smallest absolute Gasteiger partial charge is 0.328 e. The number of halogens is 3. The van der Waals surface area contributed by atoms with Crippen molar-refractivity contribution in [2.75, 3.05) is 0 Å². The molecule has 0 spiro atoms. The number of nitrogens with two attached hydrogens (primary N) is 1. The largest absolute Gasteiger partial charge is 0.416 e. The second kappa shape index (κ2) is 4.23. The van der Waals surface area contributed by atoms with E-state index in [9.17, 15) is 13.2 Å². The zero-order chi connectivity index (χ0) is 11.6. The van der Waals surface area contributed by atoms with Crippen molar-refractivity contribution in [3.8, 4) is 0 Å². The lowest BCUT2D eigenvalue weighted by molar-refractivity contribution is -0.137. The Balaban J connectivity index is 3.06. The molecule has 0 amide bonds. The SMILES string of the molecule is Cc1cc(CC(C)N)cc(C(F)(F)F)c1. The number of alkyl halides is 3. The van der Waals surface area contributed by atoms with Gasteiger partial charge in [0, 0.05) is 6.04 Å².